The molecule has 2 heterocycles. The molecule has 0 saturated carbocycles. The van der Waals surface area contributed by atoms with Crippen LogP contribution in [0.2, 0.25) is 0 Å². The molecule has 1 aromatic rings. The van der Waals surface area contributed by atoms with Crippen molar-refractivity contribution >= 4 is 0 Å². The summed E-state index contributed by atoms with van der Waals surface area (Å²) in [6, 6.07) is 7.41. The van der Waals surface area contributed by atoms with E-state index in [0.29, 0.717) is 18.9 Å². The summed E-state index contributed by atoms with van der Waals surface area (Å²) in [6.07, 6.45) is 3.76. The maximum atomic E-state index is 5.52. The fourth-order valence-electron chi connectivity index (χ4n) is 3.43. The molecule has 0 aromatic heterocycles. The van der Waals surface area contributed by atoms with Crippen molar-refractivity contribution in [3.63, 3.8) is 0 Å². The average molecular weight is 290 g/mol. The van der Waals surface area contributed by atoms with Crippen LogP contribution in [-0.2, 0) is 0 Å². The molecule has 0 spiro atoms. The molecule has 116 valence electrons. The highest BCUT2D eigenvalue weighted by Gasteiger charge is 2.26. The first-order valence-corrected chi connectivity index (χ1v) is 8.15. The van der Waals surface area contributed by atoms with Crippen molar-refractivity contribution < 1.29 is 9.47 Å². The van der Waals surface area contributed by atoms with Crippen LogP contribution in [0.1, 0.15) is 44.7 Å². The zero-order chi connectivity index (χ0) is 14.7. The summed E-state index contributed by atoms with van der Waals surface area (Å²) in [5.74, 6) is 1.75. The van der Waals surface area contributed by atoms with Gasteiger partial charge in [0.15, 0.2) is 11.5 Å². The van der Waals surface area contributed by atoms with Crippen molar-refractivity contribution in [1.29, 1.82) is 0 Å². The van der Waals surface area contributed by atoms with Gasteiger partial charge in [-0.05, 0) is 57.0 Å². The van der Waals surface area contributed by atoms with Crippen molar-refractivity contribution in [2.75, 3.05) is 26.4 Å². The van der Waals surface area contributed by atoms with E-state index in [1.165, 1.54) is 24.8 Å². The summed E-state index contributed by atoms with van der Waals surface area (Å²) in [7, 11) is 0. The second kappa shape index (κ2) is 6.67. The SMILES string of the molecule is CCCN(C1CCCNC1)C(C)c1ccc2c(c1)OCO2. The number of nitrogens with one attached hydrogen (secondary N) is 1. The van der Waals surface area contributed by atoms with Gasteiger partial charge in [-0.3, -0.25) is 4.90 Å². The third-order valence-corrected chi connectivity index (χ3v) is 4.60. The summed E-state index contributed by atoms with van der Waals surface area (Å²) in [5.41, 5.74) is 1.32. The fraction of sp³-hybridized carbons (Fsp3) is 0.647. The third-order valence-electron chi connectivity index (χ3n) is 4.60. The van der Waals surface area contributed by atoms with E-state index in [0.717, 1.165) is 31.1 Å². The van der Waals surface area contributed by atoms with Gasteiger partial charge in [-0.2, -0.15) is 0 Å². The van der Waals surface area contributed by atoms with E-state index in [9.17, 15) is 0 Å². The van der Waals surface area contributed by atoms with Crippen LogP contribution >= 0.6 is 0 Å². The lowest BCUT2D eigenvalue weighted by atomic mass is 9.99. The smallest absolute Gasteiger partial charge is 0.231 e. The quantitative estimate of drug-likeness (QED) is 0.904. The predicted molar refractivity (Wildman–Crippen MR) is 83.9 cm³/mol. The molecule has 4 nitrogen and oxygen atoms in total. The minimum Gasteiger partial charge on any atom is -0.454 e. The summed E-state index contributed by atoms with van der Waals surface area (Å²) in [6.45, 7) is 8.32. The van der Waals surface area contributed by atoms with Crippen molar-refractivity contribution in [1.82, 2.24) is 10.2 Å². The van der Waals surface area contributed by atoms with E-state index in [4.69, 9.17) is 9.47 Å². The average Bonchev–Trinajstić information content (AvgIpc) is 3.00. The molecular weight excluding hydrogens is 264 g/mol. The van der Waals surface area contributed by atoms with Gasteiger partial charge in [0.2, 0.25) is 6.79 Å². The first-order valence-electron chi connectivity index (χ1n) is 8.15. The lowest BCUT2D eigenvalue weighted by Gasteiger charge is -2.39. The molecule has 3 rings (SSSR count). The van der Waals surface area contributed by atoms with Crippen molar-refractivity contribution in [3.8, 4) is 11.5 Å². The zero-order valence-electron chi connectivity index (χ0n) is 13.1. The van der Waals surface area contributed by atoms with Crippen molar-refractivity contribution in [2.24, 2.45) is 0 Å². The number of fused-ring (bicyclic) bond motifs is 1. The number of rotatable bonds is 5. The normalized spacial score (nSPS) is 22.5. The minimum absolute atomic E-state index is 0.346. The van der Waals surface area contributed by atoms with Gasteiger partial charge in [0.05, 0.1) is 0 Å². The van der Waals surface area contributed by atoms with Crippen LogP contribution in [0.4, 0.5) is 0 Å². The highest BCUT2D eigenvalue weighted by Crippen LogP contribution is 2.36. The topological polar surface area (TPSA) is 33.7 Å². The Morgan fingerprint density at radius 3 is 2.95 bits per heavy atom. The molecular formula is C17H26N2O2. The number of hydrogen-bond acceptors (Lipinski definition) is 4. The molecule has 0 bridgehead atoms. The molecule has 1 fully saturated rings. The van der Waals surface area contributed by atoms with Gasteiger partial charge in [-0.15, -0.1) is 0 Å². The van der Waals surface area contributed by atoms with E-state index in [1.807, 2.05) is 6.07 Å². The van der Waals surface area contributed by atoms with Gasteiger partial charge < -0.3 is 14.8 Å². The monoisotopic (exact) mass is 290 g/mol. The van der Waals surface area contributed by atoms with Crippen LogP contribution < -0.4 is 14.8 Å². The highest BCUT2D eigenvalue weighted by molar-refractivity contribution is 5.45. The summed E-state index contributed by atoms with van der Waals surface area (Å²) in [5, 5.41) is 3.54. The standard InChI is InChI=1S/C17H26N2O2/c1-3-9-19(15-5-4-8-18-11-15)13(2)14-6-7-16-17(10-14)21-12-20-16/h6-7,10,13,15,18H,3-5,8-9,11-12H2,1-2H3. The lowest BCUT2D eigenvalue weighted by Crippen LogP contribution is -2.47. The molecule has 2 atom stereocenters. The fourth-order valence-corrected chi connectivity index (χ4v) is 3.43. The first kappa shape index (κ1) is 14.7. The molecule has 0 aliphatic carbocycles. The van der Waals surface area contributed by atoms with Crippen LogP contribution in [0.25, 0.3) is 0 Å². The van der Waals surface area contributed by atoms with Crippen LogP contribution in [0, 0.1) is 0 Å². The molecule has 21 heavy (non-hydrogen) atoms. The summed E-state index contributed by atoms with van der Waals surface area (Å²) in [4.78, 5) is 2.64. The molecule has 2 aliphatic rings. The molecule has 1 saturated heterocycles. The Balaban J connectivity index is 1.77. The maximum Gasteiger partial charge on any atom is 0.231 e. The Kier molecular flexibility index (Phi) is 4.66. The molecule has 2 aliphatic heterocycles. The molecule has 0 amide bonds. The Bertz CT molecular complexity index is 472. The van der Waals surface area contributed by atoms with Gasteiger partial charge in [0, 0.05) is 18.6 Å². The van der Waals surface area contributed by atoms with E-state index < -0.39 is 0 Å². The summed E-state index contributed by atoms with van der Waals surface area (Å²) >= 11 is 0. The van der Waals surface area contributed by atoms with E-state index >= 15 is 0 Å². The Morgan fingerprint density at radius 1 is 1.33 bits per heavy atom. The van der Waals surface area contributed by atoms with Crippen molar-refractivity contribution in [2.45, 2.75) is 45.2 Å². The second-order valence-corrected chi connectivity index (χ2v) is 6.03. The van der Waals surface area contributed by atoms with E-state index in [2.05, 4.69) is 36.2 Å². The first-order chi connectivity index (χ1) is 10.3. The molecule has 0 radical (unpaired) electrons. The third kappa shape index (κ3) is 3.16. The largest absolute Gasteiger partial charge is 0.454 e. The summed E-state index contributed by atoms with van der Waals surface area (Å²) < 4.78 is 10.9. The van der Waals surface area contributed by atoms with Gasteiger partial charge in [0.1, 0.15) is 0 Å². The minimum atomic E-state index is 0.346. The van der Waals surface area contributed by atoms with Gasteiger partial charge in [-0.25, -0.2) is 0 Å². The molecule has 1 N–H and O–H groups in total. The van der Waals surface area contributed by atoms with Gasteiger partial charge in [-0.1, -0.05) is 13.0 Å². The Morgan fingerprint density at radius 2 is 2.19 bits per heavy atom. The van der Waals surface area contributed by atoms with Gasteiger partial charge in [0.25, 0.3) is 0 Å². The zero-order valence-corrected chi connectivity index (χ0v) is 13.1. The van der Waals surface area contributed by atoms with Crippen LogP contribution in [0.3, 0.4) is 0 Å². The number of piperidine rings is 1. The number of benzene rings is 1. The van der Waals surface area contributed by atoms with E-state index in [1.54, 1.807) is 0 Å². The van der Waals surface area contributed by atoms with Crippen molar-refractivity contribution in [3.05, 3.63) is 23.8 Å². The Labute approximate surface area is 127 Å². The van der Waals surface area contributed by atoms with Crippen LogP contribution in [0.15, 0.2) is 18.2 Å². The van der Waals surface area contributed by atoms with Crippen LogP contribution in [-0.4, -0.2) is 37.4 Å². The lowest BCUT2D eigenvalue weighted by molar-refractivity contribution is 0.120. The second-order valence-electron chi connectivity index (χ2n) is 6.03. The number of nitrogens with zero attached hydrogens (tertiary/aromatic N) is 1. The maximum absolute atomic E-state index is 5.52. The molecule has 2 unspecified atom stereocenters. The van der Waals surface area contributed by atoms with E-state index in [-0.39, 0.29) is 0 Å². The number of hydrogen-bond donors (Lipinski definition) is 1. The number of ether oxygens (including phenoxy) is 2. The van der Waals surface area contributed by atoms with Crippen LogP contribution in [0.5, 0.6) is 11.5 Å². The van der Waals surface area contributed by atoms with Gasteiger partial charge >= 0.3 is 0 Å². The Hall–Kier alpha value is -1.26. The molecule has 4 heteroatoms. The highest BCUT2D eigenvalue weighted by atomic mass is 16.7. The predicted octanol–water partition coefficient (Wildman–Crippen LogP) is 2.94. The molecule has 1 aromatic carbocycles.